The molecule has 0 aromatic heterocycles. The molecule has 2 rings (SSSR count). The van der Waals surface area contributed by atoms with E-state index in [4.69, 9.17) is 46.4 Å². The van der Waals surface area contributed by atoms with Crippen LogP contribution in [0.5, 0.6) is 0 Å². The van der Waals surface area contributed by atoms with Crippen LogP contribution in [0, 0.1) is 0 Å². The summed E-state index contributed by atoms with van der Waals surface area (Å²) in [6.07, 6.45) is 0.712. The van der Waals surface area contributed by atoms with Gasteiger partial charge in [-0.15, -0.1) is 0 Å². The van der Waals surface area contributed by atoms with Gasteiger partial charge in [-0.2, -0.15) is 0 Å². The molecule has 0 aliphatic carbocycles. The Bertz CT molecular complexity index is 628. The summed E-state index contributed by atoms with van der Waals surface area (Å²) in [5.41, 5.74) is 1.99. The molecular formula is C16H15Cl4N. The Hall–Kier alpha value is -0.440. The quantitative estimate of drug-likeness (QED) is 0.668. The molecule has 1 nitrogen and oxygen atoms in total. The Balaban J connectivity index is 2.32. The van der Waals surface area contributed by atoms with Crippen LogP contribution in [-0.4, -0.2) is 6.54 Å². The van der Waals surface area contributed by atoms with E-state index in [1.807, 2.05) is 24.3 Å². The fourth-order valence-corrected chi connectivity index (χ4v) is 3.14. The van der Waals surface area contributed by atoms with Gasteiger partial charge in [-0.05, 0) is 54.4 Å². The highest BCUT2D eigenvalue weighted by Crippen LogP contribution is 2.31. The van der Waals surface area contributed by atoms with E-state index in [1.54, 1.807) is 12.1 Å². The highest BCUT2D eigenvalue weighted by Gasteiger charge is 2.16. The summed E-state index contributed by atoms with van der Waals surface area (Å²) in [5, 5.41) is 6.06. The molecule has 0 amide bonds. The summed E-state index contributed by atoms with van der Waals surface area (Å²) in [6.45, 7) is 2.87. The third-order valence-corrected chi connectivity index (χ3v) is 4.39. The number of nitrogens with one attached hydrogen (secondary N) is 1. The maximum absolute atomic E-state index is 6.31. The average Bonchev–Trinajstić information content (AvgIpc) is 2.44. The smallest absolute Gasteiger partial charge is 0.0454 e. The van der Waals surface area contributed by atoms with Crippen molar-refractivity contribution in [1.82, 2.24) is 5.32 Å². The zero-order valence-electron chi connectivity index (χ0n) is 11.5. The summed E-state index contributed by atoms with van der Waals surface area (Å²) < 4.78 is 0. The monoisotopic (exact) mass is 361 g/mol. The molecule has 0 aliphatic heterocycles. The summed E-state index contributed by atoms with van der Waals surface area (Å²) in [4.78, 5) is 0. The van der Waals surface area contributed by atoms with Crippen LogP contribution in [-0.2, 0) is 6.42 Å². The Morgan fingerprint density at radius 1 is 0.905 bits per heavy atom. The van der Waals surface area contributed by atoms with E-state index < -0.39 is 0 Å². The molecule has 112 valence electrons. The van der Waals surface area contributed by atoms with E-state index in [1.165, 1.54) is 0 Å². The molecule has 0 aliphatic rings. The molecule has 1 atom stereocenters. The van der Waals surface area contributed by atoms with Crippen LogP contribution in [0.25, 0.3) is 0 Å². The molecule has 21 heavy (non-hydrogen) atoms. The molecule has 0 radical (unpaired) electrons. The zero-order valence-corrected chi connectivity index (χ0v) is 14.5. The second-order valence-electron chi connectivity index (χ2n) is 4.72. The van der Waals surface area contributed by atoms with Crippen LogP contribution in [0.4, 0.5) is 0 Å². The number of halogens is 4. The SMILES string of the molecule is CCNC(Cc1ccc(Cl)cc1Cl)c1cc(Cl)ccc1Cl. The number of hydrogen-bond acceptors (Lipinski definition) is 1. The van der Waals surface area contributed by atoms with Crippen molar-refractivity contribution in [1.29, 1.82) is 0 Å². The number of likely N-dealkylation sites (N-methyl/N-ethyl adjacent to an activating group) is 1. The van der Waals surface area contributed by atoms with Gasteiger partial charge in [0.15, 0.2) is 0 Å². The Kier molecular flexibility index (Phi) is 6.21. The van der Waals surface area contributed by atoms with Gasteiger partial charge in [0.2, 0.25) is 0 Å². The fraction of sp³-hybridized carbons (Fsp3) is 0.250. The lowest BCUT2D eigenvalue weighted by Gasteiger charge is -2.20. The minimum absolute atomic E-state index is 0.0416. The molecule has 1 N–H and O–H groups in total. The molecule has 0 fully saturated rings. The van der Waals surface area contributed by atoms with E-state index in [0.29, 0.717) is 26.5 Å². The third-order valence-electron chi connectivity index (χ3n) is 3.22. The lowest BCUT2D eigenvalue weighted by Crippen LogP contribution is -2.23. The number of benzene rings is 2. The Morgan fingerprint density at radius 2 is 1.57 bits per heavy atom. The third kappa shape index (κ3) is 4.51. The lowest BCUT2D eigenvalue weighted by molar-refractivity contribution is 0.550. The zero-order chi connectivity index (χ0) is 15.4. The van der Waals surface area contributed by atoms with Crippen molar-refractivity contribution in [2.45, 2.75) is 19.4 Å². The number of rotatable bonds is 5. The van der Waals surface area contributed by atoms with Gasteiger partial charge in [0.05, 0.1) is 0 Å². The first-order valence-electron chi connectivity index (χ1n) is 6.63. The second-order valence-corrected chi connectivity index (χ2v) is 6.40. The minimum atomic E-state index is 0.0416. The van der Waals surface area contributed by atoms with Crippen LogP contribution in [0.15, 0.2) is 36.4 Å². The van der Waals surface area contributed by atoms with Gasteiger partial charge in [-0.25, -0.2) is 0 Å². The van der Waals surface area contributed by atoms with Crippen molar-refractivity contribution in [2.75, 3.05) is 6.54 Å². The Morgan fingerprint density at radius 3 is 2.24 bits per heavy atom. The first-order chi connectivity index (χ1) is 10.0. The van der Waals surface area contributed by atoms with Crippen LogP contribution in [0.2, 0.25) is 20.1 Å². The molecule has 0 saturated carbocycles. The van der Waals surface area contributed by atoms with Gasteiger partial charge in [0.1, 0.15) is 0 Å². The van der Waals surface area contributed by atoms with Crippen molar-refractivity contribution in [3.8, 4) is 0 Å². The summed E-state index contributed by atoms with van der Waals surface area (Å²) in [5.74, 6) is 0. The molecule has 5 heteroatoms. The molecule has 2 aromatic carbocycles. The first-order valence-corrected chi connectivity index (χ1v) is 8.14. The van der Waals surface area contributed by atoms with Crippen molar-refractivity contribution in [3.63, 3.8) is 0 Å². The van der Waals surface area contributed by atoms with Crippen LogP contribution in [0.3, 0.4) is 0 Å². The molecular weight excluding hydrogens is 348 g/mol. The van der Waals surface area contributed by atoms with Gasteiger partial charge in [0.25, 0.3) is 0 Å². The van der Waals surface area contributed by atoms with E-state index in [-0.39, 0.29) is 6.04 Å². The van der Waals surface area contributed by atoms with E-state index in [0.717, 1.165) is 17.7 Å². The predicted octanol–water partition coefficient (Wildman–Crippen LogP) is 6.19. The lowest BCUT2D eigenvalue weighted by atomic mass is 9.98. The van der Waals surface area contributed by atoms with Gasteiger partial charge < -0.3 is 5.32 Å². The summed E-state index contributed by atoms with van der Waals surface area (Å²) >= 11 is 24.6. The largest absolute Gasteiger partial charge is 0.310 e. The first kappa shape index (κ1) is 16.9. The minimum Gasteiger partial charge on any atom is -0.310 e. The van der Waals surface area contributed by atoms with Crippen molar-refractivity contribution >= 4 is 46.4 Å². The van der Waals surface area contributed by atoms with E-state index in [2.05, 4.69) is 12.2 Å². The van der Waals surface area contributed by atoms with Crippen LogP contribution < -0.4 is 5.32 Å². The highest BCUT2D eigenvalue weighted by atomic mass is 35.5. The highest BCUT2D eigenvalue weighted by molar-refractivity contribution is 6.35. The molecule has 0 saturated heterocycles. The van der Waals surface area contributed by atoms with Gasteiger partial charge >= 0.3 is 0 Å². The molecule has 0 spiro atoms. The van der Waals surface area contributed by atoms with Gasteiger partial charge in [-0.1, -0.05) is 59.4 Å². The number of hydrogen-bond donors (Lipinski definition) is 1. The second kappa shape index (κ2) is 7.71. The summed E-state index contributed by atoms with van der Waals surface area (Å²) in [6, 6.07) is 11.1. The fourth-order valence-electron chi connectivity index (χ4n) is 2.23. The van der Waals surface area contributed by atoms with Gasteiger partial charge in [0, 0.05) is 26.1 Å². The van der Waals surface area contributed by atoms with Gasteiger partial charge in [-0.3, -0.25) is 0 Å². The molecule has 1 unspecified atom stereocenters. The van der Waals surface area contributed by atoms with Crippen LogP contribution in [0.1, 0.15) is 24.1 Å². The standard InChI is InChI=1S/C16H15Cl4N/c1-2-21-16(13-8-11(17)5-6-14(13)19)7-10-3-4-12(18)9-15(10)20/h3-6,8-9,16,21H,2,7H2,1H3. The van der Waals surface area contributed by atoms with Crippen molar-refractivity contribution in [2.24, 2.45) is 0 Å². The van der Waals surface area contributed by atoms with Crippen LogP contribution >= 0.6 is 46.4 Å². The normalized spacial score (nSPS) is 12.4. The van der Waals surface area contributed by atoms with Crippen molar-refractivity contribution < 1.29 is 0 Å². The molecule has 2 aromatic rings. The Labute approximate surface area is 145 Å². The maximum Gasteiger partial charge on any atom is 0.0454 e. The topological polar surface area (TPSA) is 12.0 Å². The van der Waals surface area contributed by atoms with E-state index in [9.17, 15) is 0 Å². The van der Waals surface area contributed by atoms with Crippen molar-refractivity contribution in [3.05, 3.63) is 67.6 Å². The predicted molar refractivity (Wildman–Crippen MR) is 93.0 cm³/mol. The average molecular weight is 363 g/mol. The maximum atomic E-state index is 6.31. The molecule has 0 bridgehead atoms. The molecule has 0 heterocycles. The summed E-state index contributed by atoms with van der Waals surface area (Å²) in [7, 11) is 0. The van der Waals surface area contributed by atoms with E-state index >= 15 is 0 Å².